The average Bonchev–Trinajstić information content (AvgIpc) is 2.37. The molecule has 1 aromatic rings. The van der Waals surface area contributed by atoms with Crippen LogP contribution in [0.25, 0.3) is 0 Å². The third-order valence-electron chi connectivity index (χ3n) is 3.01. The first kappa shape index (κ1) is 15.6. The Bertz CT molecular complexity index is 433. The number of likely N-dealkylation sites (N-methyl/N-ethyl adjacent to an activating group) is 1. The molecule has 1 rings (SSSR count). The maximum absolute atomic E-state index is 13.7. The van der Waals surface area contributed by atoms with Crippen molar-refractivity contribution in [1.82, 2.24) is 4.90 Å². The Balaban J connectivity index is 2.79. The van der Waals surface area contributed by atoms with Crippen LogP contribution in [-0.2, 0) is 4.79 Å². The van der Waals surface area contributed by atoms with Gasteiger partial charge in [0.25, 0.3) is 0 Å². The van der Waals surface area contributed by atoms with Gasteiger partial charge >= 0.3 is 0 Å². The standard InChI is InChI=1S/C14H21FN2O2/c1-4-17(5-2)9-14(19)11-6-7-13(12(15)8-11)16-10(3)18/h6-8,14,19H,4-5,9H2,1-3H3,(H,16,18). The first-order valence-electron chi connectivity index (χ1n) is 6.45. The highest BCUT2D eigenvalue weighted by Gasteiger charge is 2.13. The quantitative estimate of drug-likeness (QED) is 0.831. The molecule has 0 fully saturated rings. The van der Waals surface area contributed by atoms with Crippen LogP contribution in [0, 0.1) is 5.82 Å². The van der Waals surface area contributed by atoms with E-state index in [0.717, 1.165) is 13.1 Å². The Kier molecular flexibility index (Phi) is 5.92. The molecule has 106 valence electrons. The molecule has 0 aromatic heterocycles. The Labute approximate surface area is 113 Å². The lowest BCUT2D eigenvalue weighted by atomic mass is 10.1. The van der Waals surface area contributed by atoms with E-state index in [1.165, 1.54) is 19.1 Å². The third-order valence-corrected chi connectivity index (χ3v) is 3.01. The summed E-state index contributed by atoms with van der Waals surface area (Å²) in [5, 5.41) is 12.5. The van der Waals surface area contributed by atoms with E-state index in [4.69, 9.17) is 0 Å². The van der Waals surface area contributed by atoms with Gasteiger partial charge in [-0.05, 0) is 30.8 Å². The fraction of sp³-hybridized carbons (Fsp3) is 0.500. The number of carbonyl (C=O) groups is 1. The zero-order chi connectivity index (χ0) is 14.4. The SMILES string of the molecule is CCN(CC)CC(O)c1ccc(NC(C)=O)c(F)c1. The molecule has 1 unspecified atom stereocenters. The molecule has 5 heteroatoms. The molecule has 0 aliphatic rings. The molecule has 0 spiro atoms. The second-order valence-corrected chi connectivity index (χ2v) is 4.42. The Morgan fingerprint density at radius 2 is 2.05 bits per heavy atom. The number of hydrogen-bond donors (Lipinski definition) is 2. The van der Waals surface area contributed by atoms with E-state index in [0.29, 0.717) is 12.1 Å². The van der Waals surface area contributed by atoms with Crippen molar-refractivity contribution in [2.24, 2.45) is 0 Å². The van der Waals surface area contributed by atoms with E-state index in [9.17, 15) is 14.3 Å². The van der Waals surface area contributed by atoms with Crippen LogP contribution in [0.3, 0.4) is 0 Å². The summed E-state index contributed by atoms with van der Waals surface area (Å²) in [5.41, 5.74) is 0.643. The van der Waals surface area contributed by atoms with Crippen LogP contribution in [0.2, 0.25) is 0 Å². The lowest BCUT2D eigenvalue weighted by Crippen LogP contribution is -2.28. The van der Waals surface area contributed by atoms with Gasteiger partial charge < -0.3 is 15.3 Å². The molecule has 4 nitrogen and oxygen atoms in total. The fourth-order valence-corrected chi connectivity index (χ4v) is 1.86. The van der Waals surface area contributed by atoms with Crippen molar-refractivity contribution in [2.75, 3.05) is 25.0 Å². The molecule has 1 amide bonds. The molecular formula is C14H21FN2O2. The van der Waals surface area contributed by atoms with Gasteiger partial charge in [-0.25, -0.2) is 4.39 Å². The lowest BCUT2D eigenvalue weighted by molar-refractivity contribution is -0.114. The minimum Gasteiger partial charge on any atom is -0.387 e. The highest BCUT2D eigenvalue weighted by molar-refractivity contribution is 5.88. The summed E-state index contributed by atoms with van der Waals surface area (Å²) < 4.78 is 13.7. The van der Waals surface area contributed by atoms with Gasteiger partial charge in [0.15, 0.2) is 0 Å². The minimum absolute atomic E-state index is 0.131. The highest BCUT2D eigenvalue weighted by atomic mass is 19.1. The topological polar surface area (TPSA) is 52.6 Å². The van der Waals surface area contributed by atoms with Crippen LogP contribution >= 0.6 is 0 Å². The smallest absolute Gasteiger partial charge is 0.221 e. The number of halogens is 1. The Hall–Kier alpha value is -1.46. The van der Waals surface area contributed by atoms with E-state index in [1.54, 1.807) is 6.07 Å². The third kappa shape index (κ3) is 4.61. The minimum atomic E-state index is -0.735. The van der Waals surface area contributed by atoms with Crippen molar-refractivity contribution >= 4 is 11.6 Å². The lowest BCUT2D eigenvalue weighted by Gasteiger charge is -2.22. The number of aliphatic hydroxyl groups excluding tert-OH is 1. The zero-order valence-electron chi connectivity index (χ0n) is 11.6. The second-order valence-electron chi connectivity index (χ2n) is 4.42. The van der Waals surface area contributed by atoms with Crippen molar-refractivity contribution in [2.45, 2.75) is 26.9 Å². The van der Waals surface area contributed by atoms with Gasteiger partial charge in [-0.3, -0.25) is 4.79 Å². The predicted octanol–water partition coefficient (Wildman–Crippen LogP) is 2.16. The molecule has 0 radical (unpaired) electrons. The number of rotatable bonds is 6. The predicted molar refractivity (Wildman–Crippen MR) is 73.5 cm³/mol. The number of anilines is 1. The van der Waals surface area contributed by atoms with Crippen LogP contribution in [0.4, 0.5) is 10.1 Å². The molecule has 19 heavy (non-hydrogen) atoms. The van der Waals surface area contributed by atoms with Crippen LogP contribution in [0.1, 0.15) is 32.4 Å². The van der Waals surface area contributed by atoms with Crippen molar-refractivity contribution in [3.63, 3.8) is 0 Å². The molecule has 1 aromatic carbocycles. The maximum atomic E-state index is 13.7. The highest BCUT2D eigenvalue weighted by Crippen LogP contribution is 2.21. The molecule has 0 aliphatic heterocycles. The summed E-state index contributed by atoms with van der Waals surface area (Å²) in [6.45, 7) is 7.47. The van der Waals surface area contributed by atoms with Crippen molar-refractivity contribution in [3.05, 3.63) is 29.6 Å². The summed E-state index contributed by atoms with van der Waals surface area (Å²) in [5.74, 6) is -0.860. The molecular weight excluding hydrogens is 247 g/mol. The Morgan fingerprint density at radius 1 is 1.42 bits per heavy atom. The van der Waals surface area contributed by atoms with Gasteiger partial charge in [-0.2, -0.15) is 0 Å². The van der Waals surface area contributed by atoms with Gasteiger partial charge in [0, 0.05) is 13.5 Å². The van der Waals surface area contributed by atoms with Gasteiger partial charge in [-0.1, -0.05) is 19.9 Å². The average molecular weight is 268 g/mol. The van der Waals surface area contributed by atoms with E-state index in [-0.39, 0.29) is 11.6 Å². The number of amides is 1. The number of carbonyl (C=O) groups excluding carboxylic acids is 1. The molecule has 0 saturated heterocycles. The van der Waals surface area contributed by atoms with Gasteiger partial charge in [0.1, 0.15) is 5.82 Å². The fourth-order valence-electron chi connectivity index (χ4n) is 1.86. The molecule has 2 N–H and O–H groups in total. The van der Waals surface area contributed by atoms with E-state index < -0.39 is 11.9 Å². The summed E-state index contributed by atoms with van der Waals surface area (Å²) >= 11 is 0. The van der Waals surface area contributed by atoms with Crippen LogP contribution in [0.15, 0.2) is 18.2 Å². The van der Waals surface area contributed by atoms with Crippen LogP contribution in [-0.4, -0.2) is 35.5 Å². The first-order chi connectivity index (χ1) is 8.97. The largest absolute Gasteiger partial charge is 0.387 e. The van der Waals surface area contributed by atoms with E-state index in [2.05, 4.69) is 10.2 Å². The van der Waals surface area contributed by atoms with Crippen molar-refractivity contribution in [1.29, 1.82) is 0 Å². The summed E-state index contributed by atoms with van der Waals surface area (Å²) in [4.78, 5) is 12.9. The van der Waals surface area contributed by atoms with Crippen molar-refractivity contribution in [3.8, 4) is 0 Å². The molecule has 1 atom stereocenters. The van der Waals surface area contributed by atoms with Crippen molar-refractivity contribution < 1.29 is 14.3 Å². The first-order valence-corrected chi connectivity index (χ1v) is 6.45. The number of nitrogens with one attached hydrogen (secondary N) is 1. The van der Waals surface area contributed by atoms with Gasteiger partial charge in [-0.15, -0.1) is 0 Å². The monoisotopic (exact) mass is 268 g/mol. The molecule has 0 saturated carbocycles. The van der Waals surface area contributed by atoms with E-state index >= 15 is 0 Å². The van der Waals surface area contributed by atoms with Gasteiger partial charge in [0.05, 0.1) is 11.8 Å². The number of benzene rings is 1. The molecule has 0 bridgehead atoms. The van der Waals surface area contributed by atoms with Crippen LogP contribution in [0.5, 0.6) is 0 Å². The zero-order valence-corrected chi connectivity index (χ0v) is 11.6. The second kappa shape index (κ2) is 7.21. The molecule has 0 aliphatic carbocycles. The number of nitrogens with zero attached hydrogens (tertiary/aromatic N) is 1. The summed E-state index contributed by atoms with van der Waals surface area (Å²) in [7, 11) is 0. The summed E-state index contributed by atoms with van der Waals surface area (Å²) in [6.07, 6.45) is -0.735. The summed E-state index contributed by atoms with van der Waals surface area (Å²) in [6, 6.07) is 4.36. The van der Waals surface area contributed by atoms with E-state index in [1.807, 2.05) is 13.8 Å². The number of hydrogen-bond acceptors (Lipinski definition) is 3. The maximum Gasteiger partial charge on any atom is 0.221 e. The number of aliphatic hydroxyl groups is 1. The normalized spacial score (nSPS) is 12.5. The van der Waals surface area contributed by atoms with Gasteiger partial charge in [0.2, 0.25) is 5.91 Å². The van der Waals surface area contributed by atoms with Crippen LogP contribution < -0.4 is 5.32 Å². The molecule has 0 heterocycles. The Morgan fingerprint density at radius 3 is 2.53 bits per heavy atom.